The predicted molar refractivity (Wildman–Crippen MR) is 66.3 cm³/mol. The standard InChI is InChI=1S/C13H9Cl2F/c14-13(15)10-6-4-9(5-7-10)11-2-1-3-12(16)8-11/h1-8,13H. The summed E-state index contributed by atoms with van der Waals surface area (Å²) in [5, 5.41) is 0. The highest BCUT2D eigenvalue weighted by Gasteiger charge is 2.04. The number of halogens is 3. The lowest BCUT2D eigenvalue weighted by Gasteiger charge is -2.04. The fourth-order valence-electron chi connectivity index (χ4n) is 1.49. The van der Waals surface area contributed by atoms with Gasteiger partial charge in [-0.2, -0.15) is 0 Å². The third-order valence-corrected chi connectivity index (χ3v) is 2.82. The minimum Gasteiger partial charge on any atom is -0.207 e. The van der Waals surface area contributed by atoms with Gasteiger partial charge in [-0.25, -0.2) is 4.39 Å². The molecule has 0 aliphatic carbocycles. The first-order chi connectivity index (χ1) is 7.66. The summed E-state index contributed by atoms with van der Waals surface area (Å²) in [6.07, 6.45) is 0. The van der Waals surface area contributed by atoms with Crippen molar-refractivity contribution in [1.82, 2.24) is 0 Å². The Labute approximate surface area is 104 Å². The summed E-state index contributed by atoms with van der Waals surface area (Å²) < 4.78 is 13.0. The van der Waals surface area contributed by atoms with Crippen LogP contribution in [0.5, 0.6) is 0 Å². The van der Waals surface area contributed by atoms with E-state index in [9.17, 15) is 4.39 Å². The van der Waals surface area contributed by atoms with E-state index in [1.807, 2.05) is 30.3 Å². The Morgan fingerprint density at radius 1 is 0.875 bits per heavy atom. The normalized spacial score (nSPS) is 10.8. The predicted octanol–water partition coefficient (Wildman–Crippen LogP) is 4.97. The molecule has 0 N–H and O–H groups in total. The van der Waals surface area contributed by atoms with Crippen LogP contribution < -0.4 is 0 Å². The van der Waals surface area contributed by atoms with Crippen molar-refractivity contribution in [2.24, 2.45) is 0 Å². The molecule has 0 aliphatic heterocycles. The summed E-state index contributed by atoms with van der Waals surface area (Å²) in [6.45, 7) is 0. The van der Waals surface area contributed by atoms with Gasteiger partial charge < -0.3 is 0 Å². The van der Waals surface area contributed by atoms with Crippen LogP contribution in [-0.4, -0.2) is 0 Å². The lowest BCUT2D eigenvalue weighted by Crippen LogP contribution is -1.83. The van der Waals surface area contributed by atoms with Gasteiger partial charge in [0.25, 0.3) is 0 Å². The highest BCUT2D eigenvalue weighted by Crippen LogP contribution is 2.27. The molecule has 0 amide bonds. The molecule has 2 rings (SSSR count). The molecule has 0 saturated heterocycles. The Bertz CT molecular complexity index is 478. The Morgan fingerprint density at radius 2 is 1.56 bits per heavy atom. The van der Waals surface area contributed by atoms with Crippen LogP contribution in [0.4, 0.5) is 4.39 Å². The molecule has 0 radical (unpaired) electrons. The lowest BCUT2D eigenvalue weighted by atomic mass is 10.0. The summed E-state index contributed by atoms with van der Waals surface area (Å²) in [4.78, 5) is -0.526. The highest BCUT2D eigenvalue weighted by molar-refractivity contribution is 6.44. The van der Waals surface area contributed by atoms with E-state index in [0.29, 0.717) is 0 Å². The molecule has 0 saturated carbocycles. The van der Waals surface area contributed by atoms with E-state index in [1.165, 1.54) is 12.1 Å². The van der Waals surface area contributed by atoms with Crippen molar-refractivity contribution in [3.8, 4) is 11.1 Å². The smallest absolute Gasteiger partial charge is 0.132 e. The van der Waals surface area contributed by atoms with Gasteiger partial charge in [-0.05, 0) is 28.8 Å². The molecule has 0 heterocycles. The molecule has 0 aliphatic rings. The van der Waals surface area contributed by atoms with E-state index in [1.54, 1.807) is 6.07 Å². The van der Waals surface area contributed by atoms with Gasteiger partial charge in [0.15, 0.2) is 0 Å². The number of alkyl halides is 2. The zero-order chi connectivity index (χ0) is 11.5. The van der Waals surface area contributed by atoms with E-state index in [4.69, 9.17) is 23.2 Å². The van der Waals surface area contributed by atoms with E-state index in [2.05, 4.69) is 0 Å². The minimum atomic E-state index is -0.526. The van der Waals surface area contributed by atoms with Gasteiger partial charge in [-0.15, -0.1) is 23.2 Å². The van der Waals surface area contributed by atoms with Gasteiger partial charge in [-0.3, -0.25) is 0 Å². The number of hydrogen-bond donors (Lipinski definition) is 0. The zero-order valence-corrected chi connectivity index (χ0v) is 9.84. The SMILES string of the molecule is Fc1cccc(-c2ccc(C(Cl)Cl)cc2)c1. The van der Waals surface area contributed by atoms with E-state index >= 15 is 0 Å². The molecular weight excluding hydrogens is 246 g/mol. The largest absolute Gasteiger partial charge is 0.207 e. The second-order valence-corrected chi connectivity index (χ2v) is 4.53. The van der Waals surface area contributed by atoms with Crippen LogP contribution in [0.2, 0.25) is 0 Å². The number of benzene rings is 2. The van der Waals surface area contributed by atoms with Crippen molar-refractivity contribution in [2.75, 3.05) is 0 Å². The maximum Gasteiger partial charge on any atom is 0.132 e. The van der Waals surface area contributed by atoms with Crippen LogP contribution >= 0.6 is 23.2 Å². The maximum absolute atomic E-state index is 13.0. The molecule has 0 atom stereocenters. The van der Waals surface area contributed by atoms with Crippen molar-refractivity contribution in [1.29, 1.82) is 0 Å². The molecule has 2 aromatic rings. The zero-order valence-electron chi connectivity index (χ0n) is 8.33. The van der Waals surface area contributed by atoms with Crippen LogP contribution in [0.15, 0.2) is 48.5 Å². The molecule has 0 aromatic heterocycles. The van der Waals surface area contributed by atoms with E-state index in [0.717, 1.165) is 16.7 Å². The Kier molecular flexibility index (Phi) is 3.47. The molecule has 2 aromatic carbocycles. The molecular formula is C13H9Cl2F. The van der Waals surface area contributed by atoms with Gasteiger partial charge >= 0.3 is 0 Å². The molecule has 82 valence electrons. The van der Waals surface area contributed by atoms with Crippen LogP contribution in [0.3, 0.4) is 0 Å². The number of hydrogen-bond acceptors (Lipinski definition) is 0. The quantitative estimate of drug-likeness (QED) is 0.664. The fraction of sp³-hybridized carbons (Fsp3) is 0.0769. The lowest BCUT2D eigenvalue weighted by molar-refractivity contribution is 0.628. The highest BCUT2D eigenvalue weighted by atomic mass is 35.5. The van der Waals surface area contributed by atoms with Crippen molar-refractivity contribution in [3.63, 3.8) is 0 Å². The van der Waals surface area contributed by atoms with E-state index < -0.39 is 4.84 Å². The minimum absolute atomic E-state index is 0.242. The Balaban J connectivity index is 2.35. The maximum atomic E-state index is 13.0. The molecule has 0 nitrogen and oxygen atoms in total. The van der Waals surface area contributed by atoms with Crippen LogP contribution in [0.1, 0.15) is 10.4 Å². The molecule has 16 heavy (non-hydrogen) atoms. The molecule has 3 heteroatoms. The first kappa shape index (κ1) is 11.4. The van der Waals surface area contributed by atoms with Crippen molar-refractivity contribution in [3.05, 3.63) is 59.9 Å². The second kappa shape index (κ2) is 4.86. The third-order valence-electron chi connectivity index (χ3n) is 2.32. The summed E-state index contributed by atoms with van der Waals surface area (Å²) in [6, 6.07) is 13.9. The van der Waals surface area contributed by atoms with E-state index in [-0.39, 0.29) is 5.82 Å². The average Bonchev–Trinajstić information content (AvgIpc) is 2.29. The van der Waals surface area contributed by atoms with Gasteiger partial charge in [-0.1, -0.05) is 36.4 Å². The summed E-state index contributed by atoms with van der Waals surface area (Å²) in [7, 11) is 0. The first-order valence-electron chi connectivity index (χ1n) is 4.81. The fourth-order valence-corrected chi connectivity index (χ4v) is 1.78. The third kappa shape index (κ3) is 2.55. The summed E-state index contributed by atoms with van der Waals surface area (Å²) in [5.41, 5.74) is 2.62. The van der Waals surface area contributed by atoms with Crippen LogP contribution in [0.25, 0.3) is 11.1 Å². The van der Waals surface area contributed by atoms with Crippen molar-refractivity contribution in [2.45, 2.75) is 4.84 Å². The molecule has 0 fully saturated rings. The van der Waals surface area contributed by atoms with Gasteiger partial charge in [0.05, 0.1) is 0 Å². The molecule has 0 unspecified atom stereocenters. The average molecular weight is 255 g/mol. The van der Waals surface area contributed by atoms with Crippen LogP contribution in [-0.2, 0) is 0 Å². The van der Waals surface area contributed by atoms with Gasteiger partial charge in [0.2, 0.25) is 0 Å². The van der Waals surface area contributed by atoms with Crippen LogP contribution in [0, 0.1) is 5.82 Å². The summed E-state index contributed by atoms with van der Waals surface area (Å²) in [5.74, 6) is -0.242. The monoisotopic (exact) mass is 254 g/mol. The van der Waals surface area contributed by atoms with Gasteiger partial charge in [0.1, 0.15) is 10.7 Å². The Hall–Kier alpha value is -1.05. The summed E-state index contributed by atoms with van der Waals surface area (Å²) >= 11 is 11.5. The van der Waals surface area contributed by atoms with Crippen molar-refractivity contribution < 1.29 is 4.39 Å². The van der Waals surface area contributed by atoms with Crippen molar-refractivity contribution >= 4 is 23.2 Å². The Morgan fingerprint density at radius 3 is 2.12 bits per heavy atom. The van der Waals surface area contributed by atoms with Gasteiger partial charge in [0, 0.05) is 0 Å². The second-order valence-electron chi connectivity index (χ2n) is 3.43. The first-order valence-corrected chi connectivity index (χ1v) is 5.68. The number of rotatable bonds is 2. The molecule has 0 spiro atoms. The topological polar surface area (TPSA) is 0 Å². The molecule has 0 bridgehead atoms.